The van der Waals surface area contributed by atoms with Gasteiger partial charge in [0.1, 0.15) is 0 Å². The van der Waals surface area contributed by atoms with Crippen LogP contribution in [0.2, 0.25) is 0 Å². The van der Waals surface area contributed by atoms with Crippen LogP contribution in [-0.2, 0) is 9.47 Å². The van der Waals surface area contributed by atoms with Crippen LogP contribution in [0.1, 0.15) is 19.3 Å². The van der Waals surface area contributed by atoms with E-state index in [1.54, 1.807) is 0 Å². The van der Waals surface area contributed by atoms with E-state index in [0.29, 0.717) is 12.1 Å². The van der Waals surface area contributed by atoms with Gasteiger partial charge in [-0.05, 0) is 19.3 Å². The average molecular weight is 200 g/mol. The maximum Gasteiger partial charge on any atom is 0.0737 e. The zero-order valence-electron chi connectivity index (χ0n) is 8.87. The van der Waals surface area contributed by atoms with Gasteiger partial charge in [0.15, 0.2) is 0 Å². The van der Waals surface area contributed by atoms with E-state index in [1.165, 1.54) is 19.3 Å². The van der Waals surface area contributed by atoms with E-state index in [-0.39, 0.29) is 0 Å². The maximum atomic E-state index is 5.44. The summed E-state index contributed by atoms with van der Waals surface area (Å²) in [4.78, 5) is 0. The van der Waals surface area contributed by atoms with Gasteiger partial charge in [0, 0.05) is 26.2 Å². The van der Waals surface area contributed by atoms with Gasteiger partial charge < -0.3 is 9.47 Å². The number of methoxy groups -OCH3 is 1. The molecule has 2 fully saturated rings. The van der Waals surface area contributed by atoms with Gasteiger partial charge in [-0.25, -0.2) is 10.4 Å². The summed E-state index contributed by atoms with van der Waals surface area (Å²) < 4.78 is 10.7. The molecule has 1 aliphatic heterocycles. The van der Waals surface area contributed by atoms with Crippen LogP contribution >= 0.6 is 0 Å². The van der Waals surface area contributed by atoms with Crippen LogP contribution in [0, 0.1) is 0 Å². The first-order valence-electron chi connectivity index (χ1n) is 5.52. The third-order valence-corrected chi connectivity index (χ3v) is 3.11. The summed E-state index contributed by atoms with van der Waals surface area (Å²) in [5.41, 5.74) is 3.55. The Kier molecular flexibility index (Phi) is 3.75. The van der Waals surface area contributed by atoms with Crippen molar-refractivity contribution in [1.82, 2.24) is 10.4 Å². The SMILES string of the molecule is COC1CCCC1NN1CCOCC1. The van der Waals surface area contributed by atoms with Crippen molar-refractivity contribution in [3.05, 3.63) is 0 Å². The van der Waals surface area contributed by atoms with Gasteiger partial charge in [0.2, 0.25) is 0 Å². The Morgan fingerprint density at radius 1 is 1.29 bits per heavy atom. The van der Waals surface area contributed by atoms with Gasteiger partial charge in [-0.2, -0.15) is 0 Å². The first kappa shape index (κ1) is 10.4. The molecule has 4 nitrogen and oxygen atoms in total. The van der Waals surface area contributed by atoms with Gasteiger partial charge in [-0.1, -0.05) is 0 Å². The molecule has 4 heteroatoms. The Morgan fingerprint density at radius 2 is 2.07 bits per heavy atom. The zero-order chi connectivity index (χ0) is 9.80. The van der Waals surface area contributed by atoms with Crippen molar-refractivity contribution in [1.29, 1.82) is 0 Å². The van der Waals surface area contributed by atoms with Crippen LogP contribution in [0.15, 0.2) is 0 Å². The quantitative estimate of drug-likeness (QED) is 0.714. The van der Waals surface area contributed by atoms with Crippen molar-refractivity contribution in [3.8, 4) is 0 Å². The predicted octanol–water partition coefficient (Wildman–Crippen LogP) is 0.391. The minimum Gasteiger partial charge on any atom is -0.380 e. The highest BCUT2D eigenvalue weighted by atomic mass is 16.5. The number of hydrogen-bond acceptors (Lipinski definition) is 4. The minimum absolute atomic E-state index is 0.401. The van der Waals surface area contributed by atoms with Gasteiger partial charge in [0.25, 0.3) is 0 Å². The monoisotopic (exact) mass is 200 g/mol. The van der Waals surface area contributed by atoms with Crippen molar-refractivity contribution in [2.75, 3.05) is 33.4 Å². The molecule has 0 aromatic carbocycles. The summed E-state index contributed by atoms with van der Waals surface area (Å²) in [6.45, 7) is 3.68. The van der Waals surface area contributed by atoms with E-state index in [9.17, 15) is 0 Å². The van der Waals surface area contributed by atoms with E-state index in [0.717, 1.165) is 26.3 Å². The minimum atomic E-state index is 0.401. The number of morpholine rings is 1. The molecule has 82 valence electrons. The maximum absolute atomic E-state index is 5.44. The van der Waals surface area contributed by atoms with E-state index in [2.05, 4.69) is 10.4 Å². The fourth-order valence-corrected chi connectivity index (χ4v) is 2.28. The standard InChI is InChI=1S/C10H20N2O2/c1-13-10-4-2-3-9(10)11-12-5-7-14-8-6-12/h9-11H,2-8H2,1H3. The summed E-state index contributed by atoms with van der Waals surface area (Å²) in [6, 6.07) is 0.512. The Bertz CT molecular complexity index is 172. The van der Waals surface area contributed by atoms with Crippen LogP contribution in [0.25, 0.3) is 0 Å². The largest absolute Gasteiger partial charge is 0.380 e. The zero-order valence-corrected chi connectivity index (χ0v) is 8.87. The molecule has 2 rings (SSSR count). The molecule has 1 saturated carbocycles. The number of rotatable bonds is 3. The molecule has 1 aliphatic carbocycles. The van der Waals surface area contributed by atoms with Crippen molar-refractivity contribution >= 4 is 0 Å². The van der Waals surface area contributed by atoms with E-state index in [1.807, 2.05) is 7.11 Å². The summed E-state index contributed by atoms with van der Waals surface area (Å²) >= 11 is 0. The molecular formula is C10H20N2O2. The topological polar surface area (TPSA) is 33.7 Å². The number of ether oxygens (including phenoxy) is 2. The Hall–Kier alpha value is -0.160. The highest BCUT2D eigenvalue weighted by molar-refractivity contribution is 4.83. The first-order valence-corrected chi connectivity index (χ1v) is 5.52. The van der Waals surface area contributed by atoms with E-state index < -0.39 is 0 Å². The van der Waals surface area contributed by atoms with Gasteiger partial charge in [-0.3, -0.25) is 0 Å². The second kappa shape index (κ2) is 5.07. The number of hydrogen-bond donors (Lipinski definition) is 1. The molecule has 1 N–H and O–H groups in total. The molecular weight excluding hydrogens is 180 g/mol. The molecule has 0 radical (unpaired) electrons. The van der Waals surface area contributed by atoms with Crippen LogP contribution in [0.5, 0.6) is 0 Å². The van der Waals surface area contributed by atoms with Gasteiger partial charge in [-0.15, -0.1) is 0 Å². The van der Waals surface area contributed by atoms with E-state index >= 15 is 0 Å². The molecule has 0 amide bonds. The fraction of sp³-hybridized carbons (Fsp3) is 1.00. The fourth-order valence-electron chi connectivity index (χ4n) is 2.28. The molecule has 1 saturated heterocycles. The van der Waals surface area contributed by atoms with Gasteiger partial charge >= 0.3 is 0 Å². The summed E-state index contributed by atoms with van der Waals surface area (Å²) in [5, 5.41) is 2.27. The average Bonchev–Trinajstić information content (AvgIpc) is 2.67. The number of hydrazine groups is 1. The molecule has 2 atom stereocenters. The summed E-state index contributed by atoms with van der Waals surface area (Å²) in [5.74, 6) is 0. The lowest BCUT2D eigenvalue weighted by Crippen LogP contribution is -2.52. The number of nitrogens with one attached hydrogen (secondary N) is 1. The van der Waals surface area contributed by atoms with Crippen LogP contribution in [-0.4, -0.2) is 50.6 Å². The van der Waals surface area contributed by atoms with Crippen LogP contribution in [0.3, 0.4) is 0 Å². The van der Waals surface area contributed by atoms with Crippen molar-refractivity contribution in [3.63, 3.8) is 0 Å². The van der Waals surface area contributed by atoms with Crippen LogP contribution < -0.4 is 5.43 Å². The van der Waals surface area contributed by atoms with Crippen molar-refractivity contribution < 1.29 is 9.47 Å². The smallest absolute Gasteiger partial charge is 0.0737 e. The Labute approximate surface area is 85.5 Å². The van der Waals surface area contributed by atoms with Crippen molar-refractivity contribution in [2.45, 2.75) is 31.4 Å². The predicted molar refractivity (Wildman–Crippen MR) is 54.0 cm³/mol. The van der Waals surface area contributed by atoms with Gasteiger partial charge in [0.05, 0.1) is 19.3 Å². The molecule has 0 spiro atoms. The molecule has 2 aliphatic rings. The third-order valence-electron chi connectivity index (χ3n) is 3.11. The lowest BCUT2D eigenvalue weighted by Gasteiger charge is -2.32. The lowest BCUT2D eigenvalue weighted by molar-refractivity contribution is -0.0149. The second-order valence-electron chi connectivity index (χ2n) is 4.04. The van der Waals surface area contributed by atoms with Crippen LogP contribution in [0.4, 0.5) is 0 Å². The highest BCUT2D eigenvalue weighted by Crippen LogP contribution is 2.21. The molecule has 0 aromatic rings. The highest BCUT2D eigenvalue weighted by Gasteiger charge is 2.28. The van der Waals surface area contributed by atoms with E-state index in [4.69, 9.17) is 9.47 Å². The third kappa shape index (κ3) is 2.45. The Balaban J connectivity index is 1.77. The Morgan fingerprint density at radius 3 is 2.79 bits per heavy atom. The molecule has 0 bridgehead atoms. The molecule has 0 aromatic heterocycles. The first-order chi connectivity index (χ1) is 6.90. The number of nitrogens with zero attached hydrogens (tertiary/aromatic N) is 1. The molecule has 14 heavy (non-hydrogen) atoms. The molecule has 2 unspecified atom stereocenters. The molecule has 1 heterocycles. The lowest BCUT2D eigenvalue weighted by atomic mass is 10.2. The van der Waals surface area contributed by atoms with Crippen molar-refractivity contribution in [2.24, 2.45) is 0 Å². The second-order valence-corrected chi connectivity index (χ2v) is 4.04. The summed E-state index contributed by atoms with van der Waals surface area (Å²) in [7, 11) is 1.81. The summed E-state index contributed by atoms with van der Waals surface area (Å²) in [6.07, 6.45) is 4.10. The normalized spacial score (nSPS) is 34.9.